The molecule has 0 heterocycles. The van der Waals surface area contributed by atoms with E-state index in [4.69, 9.17) is 0 Å². The standard InChI is InChI=1S/C20H14N2O5S.Zn/c23-16-10-9-12-5-1-2-6-13(12)19(16)21-22-20-15-8-4-3-7-14(15)18(11-17(20)24)28(25,26)27;/h1-11,23-24H,(H,25,26,27);/q;+2. The van der Waals surface area contributed by atoms with Crippen LogP contribution in [0.5, 0.6) is 11.5 Å². The van der Waals surface area contributed by atoms with Crippen molar-refractivity contribution in [1.82, 2.24) is 0 Å². The molecule has 0 unspecified atom stereocenters. The van der Waals surface area contributed by atoms with Gasteiger partial charge in [0, 0.05) is 22.2 Å². The van der Waals surface area contributed by atoms with E-state index in [0.717, 1.165) is 11.5 Å². The third kappa shape index (κ3) is 3.85. The molecule has 3 N–H and O–H groups in total. The third-order valence-electron chi connectivity index (χ3n) is 4.37. The van der Waals surface area contributed by atoms with Crippen LogP contribution in [-0.2, 0) is 29.6 Å². The van der Waals surface area contributed by atoms with Gasteiger partial charge in [0.25, 0.3) is 10.1 Å². The molecule has 0 aliphatic heterocycles. The number of fused-ring (bicyclic) bond motifs is 2. The molecule has 4 aromatic rings. The molecule has 0 saturated heterocycles. The van der Waals surface area contributed by atoms with E-state index in [0.29, 0.717) is 10.8 Å². The van der Waals surface area contributed by atoms with Gasteiger partial charge in [0.1, 0.15) is 27.8 Å². The maximum absolute atomic E-state index is 11.6. The third-order valence-corrected chi connectivity index (χ3v) is 5.26. The summed E-state index contributed by atoms with van der Waals surface area (Å²) in [4.78, 5) is -0.424. The smallest absolute Gasteiger partial charge is 0.506 e. The molecular formula is C20H14N2O5SZn+2. The minimum atomic E-state index is -4.54. The van der Waals surface area contributed by atoms with Gasteiger partial charge >= 0.3 is 19.5 Å². The van der Waals surface area contributed by atoms with Crippen LogP contribution in [0.2, 0.25) is 0 Å². The van der Waals surface area contributed by atoms with Crippen LogP contribution in [0.1, 0.15) is 0 Å². The molecule has 0 aliphatic carbocycles. The van der Waals surface area contributed by atoms with Gasteiger partial charge in [0.15, 0.2) is 0 Å². The van der Waals surface area contributed by atoms with Crippen LogP contribution in [0.4, 0.5) is 11.4 Å². The van der Waals surface area contributed by atoms with E-state index in [9.17, 15) is 23.2 Å². The van der Waals surface area contributed by atoms with E-state index >= 15 is 0 Å². The quantitative estimate of drug-likeness (QED) is 0.224. The monoisotopic (exact) mass is 458 g/mol. The molecule has 0 radical (unpaired) electrons. The van der Waals surface area contributed by atoms with Gasteiger partial charge in [-0.15, -0.1) is 10.2 Å². The zero-order valence-corrected chi connectivity index (χ0v) is 18.8. The molecule has 4 aromatic carbocycles. The topological polar surface area (TPSA) is 120 Å². The molecule has 0 aliphatic rings. The first-order valence-electron chi connectivity index (χ1n) is 8.21. The molecule has 0 amide bonds. The largest absolute Gasteiger partial charge is 2.00 e. The fourth-order valence-corrected chi connectivity index (χ4v) is 3.80. The van der Waals surface area contributed by atoms with Crippen molar-refractivity contribution in [3.63, 3.8) is 0 Å². The summed E-state index contributed by atoms with van der Waals surface area (Å²) in [6, 6.07) is 17.8. The summed E-state index contributed by atoms with van der Waals surface area (Å²) >= 11 is 0. The summed E-state index contributed by atoms with van der Waals surface area (Å²) in [5.41, 5.74) is 0.246. The van der Waals surface area contributed by atoms with Gasteiger partial charge in [0.2, 0.25) is 0 Å². The van der Waals surface area contributed by atoms with Gasteiger partial charge < -0.3 is 10.2 Å². The van der Waals surface area contributed by atoms with Crippen molar-refractivity contribution < 1.29 is 42.7 Å². The number of phenols is 2. The first-order chi connectivity index (χ1) is 13.4. The summed E-state index contributed by atoms with van der Waals surface area (Å²) in [5, 5.41) is 30.7. The maximum atomic E-state index is 11.6. The molecule has 4 rings (SSSR count). The Morgan fingerprint density at radius 3 is 1.90 bits per heavy atom. The number of phenolic OH excluding ortho intramolecular Hbond substituents is 2. The Kier molecular flexibility index (Phi) is 5.66. The number of rotatable bonds is 3. The average Bonchev–Trinajstić information content (AvgIpc) is 2.67. The van der Waals surface area contributed by atoms with E-state index < -0.39 is 20.8 Å². The number of hydrogen-bond donors (Lipinski definition) is 3. The molecule has 0 spiro atoms. The van der Waals surface area contributed by atoms with Crippen molar-refractivity contribution in [2.24, 2.45) is 10.2 Å². The number of nitrogens with zero attached hydrogens (tertiary/aromatic N) is 2. The predicted octanol–water partition coefficient (Wildman–Crippen LogP) is 5.06. The fourth-order valence-electron chi connectivity index (χ4n) is 3.08. The van der Waals surface area contributed by atoms with Crippen LogP contribution in [0, 0.1) is 0 Å². The van der Waals surface area contributed by atoms with Crippen molar-refractivity contribution in [3.8, 4) is 11.5 Å². The molecule has 0 bridgehead atoms. The molecule has 0 aromatic heterocycles. The molecule has 29 heavy (non-hydrogen) atoms. The van der Waals surface area contributed by atoms with Crippen LogP contribution < -0.4 is 0 Å². The second-order valence-corrected chi connectivity index (χ2v) is 7.51. The second kappa shape index (κ2) is 7.87. The van der Waals surface area contributed by atoms with Gasteiger partial charge in [-0.3, -0.25) is 4.55 Å². The van der Waals surface area contributed by atoms with Crippen LogP contribution in [0.15, 0.2) is 81.9 Å². The number of aromatic hydroxyl groups is 2. The average molecular weight is 460 g/mol. The molecule has 9 heteroatoms. The van der Waals surface area contributed by atoms with E-state index in [1.54, 1.807) is 36.4 Å². The summed E-state index contributed by atoms with van der Waals surface area (Å²) < 4.78 is 32.7. The van der Waals surface area contributed by atoms with Crippen molar-refractivity contribution in [2.75, 3.05) is 0 Å². The number of azo groups is 1. The van der Waals surface area contributed by atoms with Crippen LogP contribution in [0.25, 0.3) is 21.5 Å². The fraction of sp³-hybridized carbons (Fsp3) is 0. The summed E-state index contributed by atoms with van der Waals surface area (Å²) in [5.74, 6) is -0.546. The Balaban J connectivity index is 0.00000240. The molecule has 140 valence electrons. The minimum absolute atomic E-state index is 0. The van der Waals surface area contributed by atoms with Gasteiger partial charge in [-0.1, -0.05) is 54.6 Å². The summed E-state index contributed by atoms with van der Waals surface area (Å²) in [7, 11) is -4.54. The zero-order chi connectivity index (χ0) is 19.9. The van der Waals surface area contributed by atoms with Crippen molar-refractivity contribution in [2.45, 2.75) is 4.90 Å². The summed E-state index contributed by atoms with van der Waals surface area (Å²) in [6.45, 7) is 0. The summed E-state index contributed by atoms with van der Waals surface area (Å²) in [6.07, 6.45) is 0. The van der Waals surface area contributed by atoms with E-state index in [-0.39, 0.29) is 42.0 Å². The zero-order valence-electron chi connectivity index (χ0n) is 15.0. The van der Waals surface area contributed by atoms with Crippen LogP contribution >= 0.6 is 0 Å². The van der Waals surface area contributed by atoms with E-state index in [1.165, 1.54) is 12.1 Å². The van der Waals surface area contributed by atoms with Gasteiger partial charge in [-0.25, -0.2) is 0 Å². The minimum Gasteiger partial charge on any atom is -0.506 e. The van der Waals surface area contributed by atoms with E-state index in [2.05, 4.69) is 10.2 Å². The molecular weight excluding hydrogens is 446 g/mol. The molecule has 0 saturated carbocycles. The molecule has 7 nitrogen and oxygen atoms in total. The number of benzene rings is 4. The Morgan fingerprint density at radius 1 is 0.690 bits per heavy atom. The van der Waals surface area contributed by atoms with Gasteiger partial charge in [-0.2, -0.15) is 8.42 Å². The van der Waals surface area contributed by atoms with Crippen molar-refractivity contribution >= 4 is 43.0 Å². The Labute approximate surface area is 178 Å². The first kappa shape index (κ1) is 20.9. The first-order valence-corrected chi connectivity index (χ1v) is 9.65. The van der Waals surface area contributed by atoms with Crippen molar-refractivity contribution in [3.05, 3.63) is 66.7 Å². The Hall–Kier alpha value is -2.87. The van der Waals surface area contributed by atoms with Gasteiger partial charge in [0.05, 0.1) is 0 Å². The Morgan fingerprint density at radius 2 is 1.24 bits per heavy atom. The normalized spacial score (nSPS) is 11.8. The maximum Gasteiger partial charge on any atom is 2.00 e. The van der Waals surface area contributed by atoms with Crippen LogP contribution in [0.3, 0.4) is 0 Å². The van der Waals surface area contributed by atoms with Gasteiger partial charge in [-0.05, 0) is 11.5 Å². The predicted molar refractivity (Wildman–Crippen MR) is 105 cm³/mol. The molecule has 0 atom stereocenters. The van der Waals surface area contributed by atoms with Crippen molar-refractivity contribution in [1.29, 1.82) is 0 Å². The second-order valence-electron chi connectivity index (χ2n) is 6.12. The SMILES string of the molecule is O=S(=O)(O)c1cc(O)c(N=Nc2c(O)ccc3ccccc23)c2ccccc12.[Zn+2]. The van der Waals surface area contributed by atoms with Crippen LogP contribution in [-0.4, -0.2) is 23.2 Å². The molecule has 0 fully saturated rings. The Bertz CT molecular complexity index is 1370. The van der Waals surface area contributed by atoms with E-state index in [1.807, 2.05) is 12.1 Å². The number of hydrogen-bond acceptors (Lipinski definition) is 6.